The fraction of sp³-hybridized carbons (Fsp3) is 1.00. The SMILES string of the molecule is CC1(C(C)(CN)NC2CCCCC2CO)CC1. The van der Waals surface area contributed by atoms with E-state index >= 15 is 0 Å². The van der Waals surface area contributed by atoms with Gasteiger partial charge >= 0.3 is 0 Å². The van der Waals surface area contributed by atoms with E-state index in [1.54, 1.807) is 0 Å². The number of hydrogen-bond donors (Lipinski definition) is 3. The molecule has 0 aromatic heterocycles. The van der Waals surface area contributed by atoms with Gasteiger partial charge in [-0.05, 0) is 43.9 Å². The van der Waals surface area contributed by atoms with Gasteiger partial charge in [-0.3, -0.25) is 0 Å². The first-order valence-corrected chi connectivity index (χ1v) is 7.13. The molecular formula is C14H28N2O. The molecule has 2 aliphatic carbocycles. The fourth-order valence-corrected chi connectivity index (χ4v) is 3.24. The minimum Gasteiger partial charge on any atom is -0.396 e. The van der Waals surface area contributed by atoms with Gasteiger partial charge in [0.1, 0.15) is 0 Å². The van der Waals surface area contributed by atoms with Crippen molar-refractivity contribution in [2.24, 2.45) is 17.1 Å². The van der Waals surface area contributed by atoms with E-state index in [1.807, 2.05) is 0 Å². The summed E-state index contributed by atoms with van der Waals surface area (Å²) in [4.78, 5) is 0. The van der Waals surface area contributed by atoms with Gasteiger partial charge in [0.15, 0.2) is 0 Å². The summed E-state index contributed by atoms with van der Waals surface area (Å²) in [5.74, 6) is 0.428. The summed E-state index contributed by atoms with van der Waals surface area (Å²) < 4.78 is 0. The first kappa shape index (κ1) is 13.3. The number of aliphatic hydroxyl groups is 1. The van der Waals surface area contributed by atoms with Gasteiger partial charge in [0, 0.05) is 24.7 Å². The molecule has 0 aromatic carbocycles. The minimum absolute atomic E-state index is 0.0441. The lowest BCUT2D eigenvalue weighted by Gasteiger charge is -2.43. The van der Waals surface area contributed by atoms with E-state index in [0.29, 0.717) is 30.5 Å². The molecular weight excluding hydrogens is 212 g/mol. The van der Waals surface area contributed by atoms with Crippen molar-refractivity contribution in [1.82, 2.24) is 5.32 Å². The van der Waals surface area contributed by atoms with Crippen LogP contribution in [0.5, 0.6) is 0 Å². The van der Waals surface area contributed by atoms with Gasteiger partial charge in [0.25, 0.3) is 0 Å². The van der Waals surface area contributed by atoms with Crippen molar-refractivity contribution in [2.75, 3.05) is 13.2 Å². The molecule has 3 heteroatoms. The Bertz CT molecular complexity index is 265. The number of aliphatic hydroxyl groups excluding tert-OH is 1. The van der Waals surface area contributed by atoms with Crippen molar-refractivity contribution in [2.45, 2.75) is 64.0 Å². The molecule has 3 unspecified atom stereocenters. The van der Waals surface area contributed by atoms with Crippen molar-refractivity contribution in [3.63, 3.8) is 0 Å². The molecule has 0 spiro atoms. The Kier molecular flexibility index (Phi) is 3.81. The van der Waals surface area contributed by atoms with Crippen LogP contribution in [0.2, 0.25) is 0 Å². The zero-order chi connectivity index (χ0) is 12.5. The summed E-state index contributed by atoms with van der Waals surface area (Å²) in [6, 6.07) is 0.458. The van der Waals surface area contributed by atoms with Gasteiger partial charge in [-0.2, -0.15) is 0 Å². The van der Waals surface area contributed by atoms with Crippen LogP contribution in [-0.4, -0.2) is 29.8 Å². The average molecular weight is 240 g/mol. The summed E-state index contributed by atoms with van der Waals surface area (Å²) >= 11 is 0. The molecule has 0 aromatic rings. The summed E-state index contributed by atoms with van der Waals surface area (Å²) in [5, 5.41) is 13.3. The maximum atomic E-state index is 9.48. The van der Waals surface area contributed by atoms with Crippen molar-refractivity contribution in [3.8, 4) is 0 Å². The van der Waals surface area contributed by atoms with Gasteiger partial charge in [-0.15, -0.1) is 0 Å². The molecule has 2 aliphatic rings. The second-order valence-corrected chi connectivity index (χ2v) is 6.57. The molecule has 0 bridgehead atoms. The number of nitrogens with two attached hydrogens (primary N) is 1. The monoisotopic (exact) mass is 240 g/mol. The highest BCUT2D eigenvalue weighted by molar-refractivity contribution is 5.10. The lowest BCUT2D eigenvalue weighted by atomic mass is 9.78. The summed E-state index contributed by atoms with van der Waals surface area (Å²) in [6.07, 6.45) is 7.46. The second-order valence-electron chi connectivity index (χ2n) is 6.57. The zero-order valence-corrected chi connectivity index (χ0v) is 11.3. The molecule has 2 saturated carbocycles. The zero-order valence-electron chi connectivity index (χ0n) is 11.3. The molecule has 0 radical (unpaired) electrons. The van der Waals surface area contributed by atoms with Crippen molar-refractivity contribution in [3.05, 3.63) is 0 Å². The molecule has 3 nitrogen and oxygen atoms in total. The van der Waals surface area contributed by atoms with Crippen LogP contribution in [0, 0.1) is 11.3 Å². The van der Waals surface area contributed by atoms with Crippen molar-refractivity contribution in [1.29, 1.82) is 0 Å². The third-order valence-corrected chi connectivity index (χ3v) is 5.39. The molecule has 0 saturated heterocycles. The van der Waals surface area contributed by atoms with Crippen LogP contribution in [0.1, 0.15) is 52.4 Å². The fourth-order valence-electron chi connectivity index (χ4n) is 3.24. The molecule has 17 heavy (non-hydrogen) atoms. The van der Waals surface area contributed by atoms with Crippen LogP contribution in [0.25, 0.3) is 0 Å². The van der Waals surface area contributed by atoms with E-state index in [9.17, 15) is 5.11 Å². The maximum absolute atomic E-state index is 9.48. The van der Waals surface area contributed by atoms with E-state index < -0.39 is 0 Å². The topological polar surface area (TPSA) is 58.3 Å². The average Bonchev–Trinajstić information content (AvgIpc) is 3.09. The normalized spacial score (nSPS) is 35.3. The lowest BCUT2D eigenvalue weighted by Crippen LogP contribution is -2.60. The third-order valence-electron chi connectivity index (χ3n) is 5.39. The van der Waals surface area contributed by atoms with Crippen LogP contribution >= 0.6 is 0 Å². The van der Waals surface area contributed by atoms with Gasteiger partial charge in [-0.25, -0.2) is 0 Å². The first-order valence-electron chi connectivity index (χ1n) is 7.13. The minimum atomic E-state index is 0.0441. The highest BCUT2D eigenvalue weighted by Gasteiger charge is 2.53. The summed E-state index contributed by atoms with van der Waals surface area (Å²) in [7, 11) is 0. The quantitative estimate of drug-likeness (QED) is 0.685. The van der Waals surface area contributed by atoms with Gasteiger partial charge in [0.2, 0.25) is 0 Å². The van der Waals surface area contributed by atoms with Crippen LogP contribution in [-0.2, 0) is 0 Å². The Labute approximate surface area is 105 Å². The van der Waals surface area contributed by atoms with Crippen molar-refractivity contribution >= 4 is 0 Å². The highest BCUT2D eigenvalue weighted by Crippen LogP contribution is 2.53. The Hall–Kier alpha value is -0.120. The van der Waals surface area contributed by atoms with E-state index in [4.69, 9.17) is 5.73 Å². The first-order chi connectivity index (χ1) is 8.04. The lowest BCUT2D eigenvalue weighted by molar-refractivity contribution is 0.109. The van der Waals surface area contributed by atoms with E-state index in [0.717, 1.165) is 6.42 Å². The van der Waals surface area contributed by atoms with Crippen LogP contribution in [0.3, 0.4) is 0 Å². The van der Waals surface area contributed by atoms with Crippen LogP contribution in [0.4, 0.5) is 0 Å². The van der Waals surface area contributed by atoms with Gasteiger partial charge in [-0.1, -0.05) is 19.8 Å². The molecule has 2 rings (SSSR count). The Morgan fingerprint density at radius 2 is 2.00 bits per heavy atom. The highest BCUT2D eigenvalue weighted by atomic mass is 16.3. The summed E-state index contributed by atoms with van der Waals surface area (Å²) in [6.45, 7) is 5.61. The molecule has 3 atom stereocenters. The van der Waals surface area contributed by atoms with Crippen LogP contribution < -0.4 is 11.1 Å². The molecule has 0 heterocycles. The van der Waals surface area contributed by atoms with Crippen molar-refractivity contribution < 1.29 is 5.11 Å². The smallest absolute Gasteiger partial charge is 0.0474 e. The second kappa shape index (κ2) is 4.87. The Balaban J connectivity index is 2.02. The van der Waals surface area contributed by atoms with Crippen LogP contribution in [0.15, 0.2) is 0 Å². The molecule has 0 amide bonds. The largest absolute Gasteiger partial charge is 0.396 e. The number of nitrogens with one attached hydrogen (secondary N) is 1. The molecule has 100 valence electrons. The molecule has 0 aliphatic heterocycles. The summed E-state index contributed by atoms with van der Waals surface area (Å²) in [5.41, 5.74) is 6.43. The third kappa shape index (κ3) is 2.51. The van der Waals surface area contributed by atoms with E-state index in [-0.39, 0.29) is 5.54 Å². The Morgan fingerprint density at radius 1 is 1.35 bits per heavy atom. The van der Waals surface area contributed by atoms with Gasteiger partial charge < -0.3 is 16.2 Å². The van der Waals surface area contributed by atoms with Gasteiger partial charge in [0.05, 0.1) is 0 Å². The maximum Gasteiger partial charge on any atom is 0.0474 e. The Morgan fingerprint density at radius 3 is 2.53 bits per heavy atom. The van der Waals surface area contributed by atoms with E-state index in [1.165, 1.54) is 32.1 Å². The standard InChI is InChI=1S/C14H28N2O/c1-13(7-8-13)14(2,10-15)16-12-6-4-3-5-11(12)9-17/h11-12,16-17H,3-10,15H2,1-2H3. The predicted octanol–water partition coefficient (Wildman–Crippen LogP) is 1.64. The predicted molar refractivity (Wildman–Crippen MR) is 70.8 cm³/mol. The molecule has 4 N–H and O–H groups in total. The van der Waals surface area contributed by atoms with E-state index in [2.05, 4.69) is 19.2 Å². The number of hydrogen-bond acceptors (Lipinski definition) is 3. The number of rotatable bonds is 5. The molecule has 2 fully saturated rings.